The van der Waals surface area contributed by atoms with Gasteiger partial charge in [0.1, 0.15) is 12.4 Å². The normalized spacial score (nSPS) is 15.5. The van der Waals surface area contributed by atoms with E-state index in [0.29, 0.717) is 21.9 Å². The van der Waals surface area contributed by atoms with Crippen LogP contribution in [0, 0.1) is 0 Å². The third kappa shape index (κ3) is 2.51. The third-order valence-corrected chi connectivity index (χ3v) is 4.26. The standard InChI is InChI=1S/C20H13ClO2/c21-16-8-5-13(6-9-16)11-15-12-23-18-10-7-14-3-1-2-4-17(14)19(18)20(15)22/h1-11H,12H2/b15-11-. The van der Waals surface area contributed by atoms with Crippen molar-refractivity contribution in [1.29, 1.82) is 0 Å². The van der Waals surface area contributed by atoms with Crippen molar-refractivity contribution in [3.63, 3.8) is 0 Å². The van der Waals surface area contributed by atoms with Crippen LogP contribution >= 0.6 is 11.6 Å². The molecule has 0 amide bonds. The molecule has 1 aliphatic heterocycles. The van der Waals surface area contributed by atoms with Crippen LogP contribution in [-0.2, 0) is 0 Å². The summed E-state index contributed by atoms with van der Waals surface area (Å²) in [5.41, 5.74) is 2.23. The van der Waals surface area contributed by atoms with E-state index in [1.54, 1.807) is 0 Å². The molecule has 2 nitrogen and oxygen atoms in total. The Morgan fingerprint density at radius 2 is 1.74 bits per heavy atom. The van der Waals surface area contributed by atoms with E-state index in [2.05, 4.69) is 0 Å². The van der Waals surface area contributed by atoms with Gasteiger partial charge in [-0.05, 0) is 40.6 Å². The summed E-state index contributed by atoms with van der Waals surface area (Å²) in [6.07, 6.45) is 1.86. The number of carbonyl (C=O) groups excluding carboxylic acids is 1. The van der Waals surface area contributed by atoms with Crippen LogP contribution in [0.2, 0.25) is 5.02 Å². The maximum absolute atomic E-state index is 12.9. The van der Waals surface area contributed by atoms with E-state index in [0.717, 1.165) is 16.3 Å². The molecule has 3 heteroatoms. The quantitative estimate of drug-likeness (QED) is 0.579. The molecule has 3 aromatic carbocycles. The Labute approximate surface area is 139 Å². The van der Waals surface area contributed by atoms with Crippen molar-refractivity contribution in [1.82, 2.24) is 0 Å². The van der Waals surface area contributed by atoms with Crippen LogP contribution < -0.4 is 4.74 Å². The highest BCUT2D eigenvalue weighted by Gasteiger charge is 2.25. The van der Waals surface area contributed by atoms with Crippen molar-refractivity contribution in [3.05, 3.63) is 82.4 Å². The summed E-state index contributed by atoms with van der Waals surface area (Å²) in [6, 6.07) is 19.1. The van der Waals surface area contributed by atoms with Gasteiger partial charge >= 0.3 is 0 Å². The van der Waals surface area contributed by atoms with Crippen molar-refractivity contribution >= 4 is 34.2 Å². The Bertz CT molecular complexity index is 940. The first-order valence-corrected chi connectivity index (χ1v) is 7.75. The van der Waals surface area contributed by atoms with Crippen LogP contribution in [0.4, 0.5) is 0 Å². The fourth-order valence-corrected chi connectivity index (χ4v) is 2.98. The zero-order valence-electron chi connectivity index (χ0n) is 12.3. The molecule has 0 saturated carbocycles. The molecule has 3 aromatic rings. The Morgan fingerprint density at radius 3 is 2.57 bits per heavy atom. The number of ketones is 1. The molecule has 0 bridgehead atoms. The number of hydrogen-bond acceptors (Lipinski definition) is 2. The fourth-order valence-electron chi connectivity index (χ4n) is 2.86. The van der Waals surface area contributed by atoms with Crippen molar-refractivity contribution < 1.29 is 9.53 Å². The first-order chi connectivity index (χ1) is 11.2. The molecular weight excluding hydrogens is 308 g/mol. The fraction of sp³-hybridized carbons (Fsp3) is 0.0500. The lowest BCUT2D eigenvalue weighted by Gasteiger charge is -2.20. The van der Waals surface area contributed by atoms with Gasteiger partial charge in [-0.3, -0.25) is 4.79 Å². The highest BCUT2D eigenvalue weighted by atomic mass is 35.5. The molecule has 0 radical (unpaired) electrons. The Kier molecular flexibility index (Phi) is 3.40. The molecule has 1 heterocycles. The molecule has 0 aliphatic carbocycles. The van der Waals surface area contributed by atoms with Gasteiger partial charge < -0.3 is 4.74 Å². The number of rotatable bonds is 1. The Balaban J connectivity index is 1.82. The predicted octanol–water partition coefficient (Wildman–Crippen LogP) is 5.15. The average Bonchev–Trinajstić information content (AvgIpc) is 2.59. The zero-order chi connectivity index (χ0) is 15.8. The molecule has 112 valence electrons. The minimum absolute atomic E-state index is 0.0259. The number of halogens is 1. The van der Waals surface area contributed by atoms with Crippen LogP contribution in [0.25, 0.3) is 16.8 Å². The van der Waals surface area contributed by atoms with Gasteiger partial charge in [0.2, 0.25) is 0 Å². The SMILES string of the molecule is O=C1/C(=C\c2ccc(Cl)cc2)COc2ccc3ccccc3c21. The lowest BCUT2D eigenvalue weighted by molar-refractivity contribution is 0.100. The molecule has 4 rings (SSSR count). The largest absolute Gasteiger partial charge is 0.488 e. The first-order valence-electron chi connectivity index (χ1n) is 7.38. The van der Waals surface area contributed by atoms with Gasteiger partial charge in [-0.2, -0.15) is 0 Å². The van der Waals surface area contributed by atoms with Gasteiger partial charge in [0.15, 0.2) is 5.78 Å². The first kappa shape index (κ1) is 14.0. The Morgan fingerprint density at radius 1 is 0.957 bits per heavy atom. The van der Waals surface area contributed by atoms with Gasteiger partial charge in [0, 0.05) is 10.6 Å². The third-order valence-electron chi connectivity index (χ3n) is 4.00. The minimum atomic E-state index is 0.0259. The molecule has 0 fully saturated rings. The van der Waals surface area contributed by atoms with Crippen LogP contribution in [0.3, 0.4) is 0 Å². The molecule has 1 aliphatic rings. The number of carbonyl (C=O) groups is 1. The van der Waals surface area contributed by atoms with Gasteiger partial charge in [0.25, 0.3) is 0 Å². The van der Waals surface area contributed by atoms with E-state index in [1.165, 1.54) is 0 Å². The van der Waals surface area contributed by atoms with Gasteiger partial charge in [-0.25, -0.2) is 0 Å². The number of ether oxygens (including phenoxy) is 1. The molecule has 0 atom stereocenters. The van der Waals surface area contributed by atoms with E-state index in [1.807, 2.05) is 66.7 Å². The lowest BCUT2D eigenvalue weighted by atomic mass is 9.93. The minimum Gasteiger partial charge on any atom is -0.488 e. The highest BCUT2D eigenvalue weighted by molar-refractivity contribution is 6.30. The highest BCUT2D eigenvalue weighted by Crippen LogP contribution is 2.34. The molecule has 0 N–H and O–H groups in total. The second-order valence-corrected chi connectivity index (χ2v) is 5.94. The predicted molar refractivity (Wildman–Crippen MR) is 93.2 cm³/mol. The second kappa shape index (κ2) is 5.56. The van der Waals surface area contributed by atoms with Crippen LogP contribution in [0.15, 0.2) is 66.2 Å². The zero-order valence-corrected chi connectivity index (χ0v) is 13.0. The topological polar surface area (TPSA) is 26.3 Å². The van der Waals surface area contributed by atoms with E-state index in [9.17, 15) is 4.79 Å². The molecule has 0 aromatic heterocycles. The number of Topliss-reactive ketones (excluding diaryl/α,β-unsaturated/α-hetero) is 1. The summed E-state index contributed by atoms with van der Waals surface area (Å²) < 4.78 is 5.80. The van der Waals surface area contributed by atoms with Crippen molar-refractivity contribution in [3.8, 4) is 5.75 Å². The maximum atomic E-state index is 12.9. The number of hydrogen-bond donors (Lipinski definition) is 0. The molecule has 23 heavy (non-hydrogen) atoms. The van der Waals surface area contributed by atoms with Crippen molar-refractivity contribution in [2.75, 3.05) is 6.61 Å². The summed E-state index contributed by atoms with van der Waals surface area (Å²) in [5.74, 6) is 0.681. The van der Waals surface area contributed by atoms with Crippen LogP contribution in [0.1, 0.15) is 15.9 Å². The van der Waals surface area contributed by atoms with E-state index < -0.39 is 0 Å². The van der Waals surface area contributed by atoms with E-state index in [-0.39, 0.29) is 12.4 Å². The van der Waals surface area contributed by atoms with Gasteiger partial charge in [0.05, 0.1) is 5.56 Å². The molecule has 0 spiro atoms. The van der Waals surface area contributed by atoms with Crippen molar-refractivity contribution in [2.45, 2.75) is 0 Å². The summed E-state index contributed by atoms with van der Waals surface area (Å²) in [6.45, 7) is 0.285. The molecule has 0 unspecified atom stereocenters. The van der Waals surface area contributed by atoms with Crippen molar-refractivity contribution in [2.24, 2.45) is 0 Å². The van der Waals surface area contributed by atoms with Crippen LogP contribution in [0.5, 0.6) is 5.75 Å². The Hall–Kier alpha value is -2.58. The number of fused-ring (bicyclic) bond motifs is 3. The summed E-state index contributed by atoms with van der Waals surface area (Å²) >= 11 is 5.90. The summed E-state index contributed by atoms with van der Waals surface area (Å²) in [7, 11) is 0. The summed E-state index contributed by atoms with van der Waals surface area (Å²) in [5, 5.41) is 2.64. The molecule has 0 saturated heterocycles. The van der Waals surface area contributed by atoms with E-state index >= 15 is 0 Å². The van der Waals surface area contributed by atoms with E-state index in [4.69, 9.17) is 16.3 Å². The molecular formula is C20H13ClO2. The van der Waals surface area contributed by atoms with Crippen LogP contribution in [-0.4, -0.2) is 12.4 Å². The smallest absolute Gasteiger partial charge is 0.196 e. The monoisotopic (exact) mass is 320 g/mol. The second-order valence-electron chi connectivity index (χ2n) is 5.50. The van der Waals surface area contributed by atoms with Gasteiger partial charge in [-0.1, -0.05) is 54.1 Å². The summed E-state index contributed by atoms with van der Waals surface area (Å²) in [4.78, 5) is 12.9. The number of benzene rings is 3. The maximum Gasteiger partial charge on any atom is 0.196 e. The lowest BCUT2D eigenvalue weighted by Crippen LogP contribution is -2.19. The van der Waals surface area contributed by atoms with Gasteiger partial charge in [-0.15, -0.1) is 0 Å². The average molecular weight is 321 g/mol.